The Morgan fingerprint density at radius 3 is 2.52 bits per heavy atom. The van der Waals surface area contributed by atoms with Crippen LogP contribution in [0.4, 0.5) is 5.82 Å². The molecule has 6 rings (SSSR count). The molecule has 0 spiro atoms. The second-order valence-electron chi connectivity index (χ2n) is 9.84. The lowest BCUT2D eigenvalue weighted by molar-refractivity contribution is -0.144. The quantitative estimate of drug-likeness (QED) is 0.533. The third-order valence-electron chi connectivity index (χ3n) is 7.94. The van der Waals surface area contributed by atoms with Gasteiger partial charge in [0.25, 0.3) is 5.91 Å². The minimum absolute atomic E-state index is 0.0290. The molecule has 168 valence electrons. The zero-order valence-electron chi connectivity index (χ0n) is 18.5. The summed E-state index contributed by atoms with van der Waals surface area (Å²) in [4.78, 5) is 32.1. The molecule has 4 saturated carbocycles. The number of carbonyl (C=O) groups excluding carboxylic acids is 2. The van der Waals surface area contributed by atoms with Gasteiger partial charge in [0.1, 0.15) is 10.8 Å². The number of carbonyl (C=O) groups is 2. The standard InChI is InChI=1S/C24H33N3O3S/c1-3-31-23-19(4-5-20(25-23)27-7-6-16(13-27)24(29)30-2)22(28)26-21-17-9-14-8-15(11-17)12-18(21)10-14/h4-5,14-18,21H,3,6-13H2,1-2H3,(H,26,28)/t14?,15?,16-,17?,18?,21?/m0/s1. The number of aromatic nitrogens is 1. The fourth-order valence-electron chi connectivity index (χ4n) is 6.74. The number of esters is 1. The van der Waals surface area contributed by atoms with Crippen molar-refractivity contribution in [3.63, 3.8) is 0 Å². The highest BCUT2D eigenvalue weighted by molar-refractivity contribution is 7.99. The normalized spacial score (nSPS) is 33.5. The Morgan fingerprint density at radius 2 is 1.87 bits per heavy atom. The number of nitrogens with one attached hydrogen (secondary N) is 1. The molecule has 1 N–H and O–H groups in total. The third kappa shape index (κ3) is 4.06. The average molecular weight is 444 g/mol. The Labute approximate surface area is 188 Å². The van der Waals surface area contributed by atoms with Crippen molar-refractivity contribution in [3.8, 4) is 0 Å². The lowest BCUT2D eigenvalue weighted by Gasteiger charge is -2.54. The van der Waals surface area contributed by atoms with Crippen LogP contribution in [0.2, 0.25) is 0 Å². The molecule has 5 fully saturated rings. The number of nitrogens with zero attached hydrogens (tertiary/aromatic N) is 2. The first-order valence-electron chi connectivity index (χ1n) is 11.8. The lowest BCUT2D eigenvalue weighted by Crippen LogP contribution is -2.55. The van der Waals surface area contributed by atoms with Crippen LogP contribution in [-0.2, 0) is 9.53 Å². The van der Waals surface area contributed by atoms with E-state index in [0.717, 1.165) is 41.4 Å². The Bertz CT molecular complexity index is 832. The maximum Gasteiger partial charge on any atom is 0.310 e. The van der Waals surface area contributed by atoms with E-state index in [2.05, 4.69) is 17.1 Å². The third-order valence-corrected chi connectivity index (χ3v) is 8.82. The van der Waals surface area contributed by atoms with Gasteiger partial charge in [-0.1, -0.05) is 6.92 Å². The SMILES string of the molecule is CCSc1nc(N2CC[C@H](C(=O)OC)C2)ccc1C(=O)NC1C2CC3CC(C2)CC1C3. The van der Waals surface area contributed by atoms with Crippen molar-refractivity contribution in [2.75, 3.05) is 30.9 Å². The van der Waals surface area contributed by atoms with Gasteiger partial charge in [0, 0.05) is 19.1 Å². The summed E-state index contributed by atoms with van der Waals surface area (Å²) in [5.41, 5.74) is 0.688. The van der Waals surface area contributed by atoms with Crippen LogP contribution in [0.1, 0.15) is 55.8 Å². The van der Waals surface area contributed by atoms with Gasteiger partial charge >= 0.3 is 5.97 Å². The van der Waals surface area contributed by atoms with Crippen molar-refractivity contribution in [2.24, 2.45) is 29.6 Å². The van der Waals surface area contributed by atoms with Gasteiger partial charge in [-0.25, -0.2) is 4.98 Å². The Balaban J connectivity index is 1.31. The molecule has 1 aliphatic heterocycles. The molecule has 31 heavy (non-hydrogen) atoms. The molecule has 1 amide bonds. The molecule has 1 atom stereocenters. The second kappa shape index (κ2) is 8.64. The lowest BCUT2D eigenvalue weighted by atomic mass is 9.54. The summed E-state index contributed by atoms with van der Waals surface area (Å²) in [7, 11) is 1.44. The van der Waals surface area contributed by atoms with Crippen LogP contribution in [0.25, 0.3) is 0 Å². The minimum Gasteiger partial charge on any atom is -0.469 e. The summed E-state index contributed by atoms with van der Waals surface area (Å²) in [6, 6.07) is 4.20. The van der Waals surface area contributed by atoms with Gasteiger partial charge < -0.3 is 15.0 Å². The maximum absolute atomic E-state index is 13.3. The van der Waals surface area contributed by atoms with Gasteiger partial charge in [0.15, 0.2) is 0 Å². The largest absolute Gasteiger partial charge is 0.469 e. The molecule has 4 bridgehead atoms. The fraction of sp³-hybridized carbons (Fsp3) is 0.708. The fourth-order valence-corrected chi connectivity index (χ4v) is 7.49. The highest BCUT2D eigenvalue weighted by Crippen LogP contribution is 2.53. The molecule has 2 heterocycles. The molecule has 0 aromatic carbocycles. The van der Waals surface area contributed by atoms with E-state index in [1.54, 1.807) is 11.8 Å². The van der Waals surface area contributed by atoms with Crippen LogP contribution in [0.15, 0.2) is 17.2 Å². The predicted molar refractivity (Wildman–Crippen MR) is 121 cm³/mol. The van der Waals surface area contributed by atoms with Gasteiger partial charge in [-0.3, -0.25) is 9.59 Å². The maximum atomic E-state index is 13.3. The number of amides is 1. The van der Waals surface area contributed by atoms with E-state index >= 15 is 0 Å². The van der Waals surface area contributed by atoms with Crippen LogP contribution in [0.3, 0.4) is 0 Å². The van der Waals surface area contributed by atoms with E-state index in [9.17, 15) is 9.59 Å². The van der Waals surface area contributed by atoms with E-state index < -0.39 is 0 Å². The van der Waals surface area contributed by atoms with Gasteiger partial charge in [-0.05, 0) is 80.1 Å². The second-order valence-corrected chi connectivity index (χ2v) is 11.1. The molecule has 6 nitrogen and oxygen atoms in total. The first kappa shape index (κ1) is 21.1. The first-order chi connectivity index (χ1) is 15.1. The topological polar surface area (TPSA) is 71.5 Å². The van der Waals surface area contributed by atoms with E-state index in [4.69, 9.17) is 9.72 Å². The summed E-state index contributed by atoms with van der Waals surface area (Å²) >= 11 is 1.62. The van der Waals surface area contributed by atoms with Gasteiger partial charge in [-0.15, -0.1) is 11.8 Å². The number of ether oxygens (including phenoxy) is 1. The molecule has 4 aliphatic carbocycles. The summed E-state index contributed by atoms with van der Waals surface area (Å²) in [5, 5.41) is 4.22. The first-order valence-corrected chi connectivity index (χ1v) is 12.8. The number of pyridine rings is 1. The molecular formula is C24H33N3O3S. The molecule has 1 saturated heterocycles. The van der Waals surface area contributed by atoms with E-state index in [-0.39, 0.29) is 17.8 Å². The molecule has 0 radical (unpaired) electrons. The summed E-state index contributed by atoms with van der Waals surface area (Å²) in [5.74, 6) is 4.60. The zero-order valence-corrected chi connectivity index (χ0v) is 19.3. The number of rotatable bonds is 6. The van der Waals surface area contributed by atoms with Crippen LogP contribution in [0.5, 0.6) is 0 Å². The molecule has 1 aromatic heterocycles. The van der Waals surface area contributed by atoms with Crippen LogP contribution >= 0.6 is 11.8 Å². The van der Waals surface area contributed by atoms with E-state index in [1.165, 1.54) is 39.2 Å². The van der Waals surface area contributed by atoms with Crippen molar-refractivity contribution >= 4 is 29.5 Å². The van der Waals surface area contributed by atoms with E-state index in [1.807, 2.05) is 12.1 Å². The summed E-state index contributed by atoms with van der Waals surface area (Å²) in [6.07, 6.45) is 7.37. The van der Waals surface area contributed by atoms with Gasteiger partial charge in [0.2, 0.25) is 0 Å². The molecule has 7 heteroatoms. The predicted octanol–water partition coefficient (Wildman–Crippen LogP) is 3.75. The highest BCUT2D eigenvalue weighted by Gasteiger charge is 2.48. The Kier molecular flexibility index (Phi) is 5.88. The average Bonchev–Trinajstić information content (AvgIpc) is 3.25. The Morgan fingerprint density at radius 1 is 1.16 bits per heavy atom. The number of thioether (sulfide) groups is 1. The molecule has 0 unspecified atom stereocenters. The van der Waals surface area contributed by atoms with E-state index in [0.29, 0.717) is 30.0 Å². The number of hydrogen-bond acceptors (Lipinski definition) is 6. The van der Waals surface area contributed by atoms with Crippen LogP contribution in [0, 0.1) is 29.6 Å². The molecule has 1 aromatic rings. The van der Waals surface area contributed by atoms with Crippen molar-refractivity contribution in [3.05, 3.63) is 17.7 Å². The van der Waals surface area contributed by atoms with Crippen molar-refractivity contribution in [1.29, 1.82) is 0 Å². The summed E-state index contributed by atoms with van der Waals surface area (Å²) in [6.45, 7) is 3.49. The molecular weight excluding hydrogens is 410 g/mol. The highest BCUT2D eigenvalue weighted by atomic mass is 32.2. The van der Waals surface area contributed by atoms with Crippen LogP contribution in [-0.4, -0.2) is 48.9 Å². The molecule has 5 aliphatic rings. The summed E-state index contributed by atoms with van der Waals surface area (Å²) < 4.78 is 4.90. The van der Waals surface area contributed by atoms with Gasteiger partial charge in [0.05, 0.1) is 18.6 Å². The monoisotopic (exact) mass is 443 g/mol. The van der Waals surface area contributed by atoms with Crippen LogP contribution < -0.4 is 10.2 Å². The van der Waals surface area contributed by atoms with Crippen molar-refractivity contribution in [1.82, 2.24) is 10.3 Å². The number of anilines is 1. The van der Waals surface area contributed by atoms with Crippen molar-refractivity contribution < 1.29 is 14.3 Å². The Hall–Kier alpha value is -1.76. The minimum atomic E-state index is -0.155. The number of methoxy groups -OCH3 is 1. The zero-order chi connectivity index (χ0) is 21.5. The number of hydrogen-bond donors (Lipinski definition) is 1. The van der Waals surface area contributed by atoms with Crippen molar-refractivity contribution in [2.45, 2.75) is 56.5 Å². The van der Waals surface area contributed by atoms with Gasteiger partial charge in [-0.2, -0.15) is 0 Å². The smallest absolute Gasteiger partial charge is 0.310 e.